The monoisotopic (exact) mass is 644 g/mol. The molecule has 0 nitrogen and oxygen atoms in total. The number of aryl methyl sites for hydroxylation is 2. The van der Waals surface area contributed by atoms with Gasteiger partial charge in [-0.2, -0.15) is 0 Å². The summed E-state index contributed by atoms with van der Waals surface area (Å²) in [6.07, 6.45) is 11.0. The molecular weight excluding hydrogens is 602 g/mol. The quantitative estimate of drug-likeness (QED) is 0.146. The average molecular weight is 645 g/mol. The van der Waals surface area contributed by atoms with Crippen LogP contribution < -0.4 is 31.8 Å². The summed E-state index contributed by atoms with van der Waals surface area (Å²) in [6, 6.07) is 55.4. The van der Waals surface area contributed by atoms with Crippen LogP contribution in [0.25, 0.3) is 0 Å². The summed E-state index contributed by atoms with van der Waals surface area (Å²) in [4.78, 5) is 0. The Labute approximate surface area is 283 Å². The number of fused-ring (bicyclic) bond motifs is 2. The Hall–Kier alpha value is -3.82. The fourth-order valence-electron chi connectivity index (χ4n) is 7.94. The van der Waals surface area contributed by atoms with Gasteiger partial charge in [0.2, 0.25) is 0 Å². The van der Waals surface area contributed by atoms with Gasteiger partial charge in [-0.3, -0.25) is 0 Å². The second kappa shape index (κ2) is 14.1. The number of rotatable bonds is 8. The molecule has 0 spiro atoms. The molecule has 0 aromatic heterocycles. The van der Waals surface area contributed by atoms with Crippen molar-refractivity contribution >= 4 is 47.7 Å². The van der Waals surface area contributed by atoms with Crippen molar-refractivity contribution in [1.29, 1.82) is 0 Å². The predicted molar refractivity (Wildman–Crippen MR) is 206 cm³/mol. The van der Waals surface area contributed by atoms with Gasteiger partial charge in [0.05, 0.1) is 0 Å². The molecule has 8 rings (SSSR count). The van der Waals surface area contributed by atoms with Gasteiger partial charge in [0.15, 0.2) is 0 Å². The zero-order valence-electron chi connectivity index (χ0n) is 27.1. The summed E-state index contributed by atoms with van der Waals surface area (Å²) >= 11 is 0. The summed E-state index contributed by atoms with van der Waals surface area (Å²) in [6.45, 7) is 0. The predicted octanol–water partition coefficient (Wildman–Crippen LogP) is 8.55. The Morgan fingerprint density at radius 2 is 0.660 bits per heavy atom. The third-order valence-electron chi connectivity index (χ3n) is 10.1. The highest BCUT2D eigenvalue weighted by Crippen LogP contribution is 2.41. The highest BCUT2D eigenvalue weighted by Gasteiger charge is 2.29. The van der Waals surface area contributed by atoms with Gasteiger partial charge in [0.1, 0.15) is 0 Å². The fourth-order valence-corrected chi connectivity index (χ4v) is 12.9. The van der Waals surface area contributed by atoms with Gasteiger partial charge < -0.3 is 0 Å². The van der Waals surface area contributed by atoms with Crippen LogP contribution in [0.2, 0.25) is 0 Å². The first-order chi connectivity index (χ1) is 23.3. The first-order valence-corrected chi connectivity index (χ1v) is 20.1. The van der Waals surface area contributed by atoms with Crippen LogP contribution in [0.5, 0.6) is 0 Å². The van der Waals surface area contributed by atoms with E-state index in [2.05, 4.69) is 146 Å². The molecule has 0 atom stereocenters. The van der Waals surface area contributed by atoms with E-state index in [1.807, 2.05) is 0 Å². The van der Waals surface area contributed by atoms with E-state index in [9.17, 15) is 0 Å². The summed E-state index contributed by atoms with van der Waals surface area (Å²) in [5.74, 6) is 0. The molecule has 0 N–H and O–H groups in total. The van der Waals surface area contributed by atoms with Gasteiger partial charge in [0.25, 0.3) is 0 Å². The first kappa shape index (κ1) is 30.5. The lowest BCUT2D eigenvalue weighted by Gasteiger charge is -2.31. The topological polar surface area (TPSA) is 0 Å². The van der Waals surface area contributed by atoms with Crippen molar-refractivity contribution in [3.8, 4) is 0 Å². The Bertz CT molecular complexity index is 1730. The Kier molecular flexibility index (Phi) is 9.16. The van der Waals surface area contributed by atoms with Crippen LogP contribution in [0.4, 0.5) is 0 Å². The van der Waals surface area contributed by atoms with Gasteiger partial charge in [-0.25, -0.2) is 0 Å². The lowest BCUT2D eigenvalue weighted by Crippen LogP contribution is -2.29. The second-order valence-corrected chi connectivity index (χ2v) is 17.4. The minimum absolute atomic E-state index is 0.697. The molecule has 0 bridgehead atoms. The van der Waals surface area contributed by atoms with Crippen molar-refractivity contribution in [2.75, 3.05) is 0 Å². The third-order valence-corrected chi connectivity index (χ3v) is 15.2. The van der Waals surface area contributed by atoms with E-state index in [0.717, 1.165) is 6.42 Å². The van der Waals surface area contributed by atoms with Crippen LogP contribution >= 0.6 is 15.8 Å². The molecule has 0 fully saturated rings. The van der Waals surface area contributed by atoms with Gasteiger partial charge in [0, 0.05) is 0 Å². The minimum atomic E-state index is -0.697. The Balaban J connectivity index is 1.37. The van der Waals surface area contributed by atoms with Crippen molar-refractivity contribution in [3.05, 3.63) is 179 Å². The molecule has 0 amide bonds. The van der Waals surface area contributed by atoms with E-state index < -0.39 is 15.8 Å². The minimum Gasteiger partial charge on any atom is -0.0622 e. The average Bonchev–Trinajstić information content (AvgIpc) is 3.15. The van der Waals surface area contributed by atoms with Gasteiger partial charge >= 0.3 is 0 Å². The SMILES string of the molecule is c1ccc(P(c2ccccc2)c2ccc3c(c2Cc2c(P(c4ccccc4)c4ccccc4)ccc4c2CCCC4)CCCC3)cc1. The molecule has 2 aliphatic carbocycles. The van der Waals surface area contributed by atoms with Crippen LogP contribution in [0.15, 0.2) is 146 Å². The molecule has 0 radical (unpaired) electrons. The number of benzene rings is 6. The van der Waals surface area contributed by atoms with Crippen molar-refractivity contribution in [2.45, 2.75) is 57.8 Å². The maximum Gasteiger partial charge on any atom is -0.000697 e. The van der Waals surface area contributed by atoms with Crippen molar-refractivity contribution < 1.29 is 0 Å². The zero-order chi connectivity index (χ0) is 31.4. The Morgan fingerprint density at radius 3 is 1.00 bits per heavy atom. The summed E-state index contributed by atoms with van der Waals surface area (Å²) in [7, 11) is -1.39. The van der Waals surface area contributed by atoms with E-state index in [1.165, 1.54) is 72.6 Å². The third kappa shape index (κ3) is 6.27. The zero-order valence-corrected chi connectivity index (χ0v) is 28.9. The fraction of sp³-hybridized carbons (Fsp3) is 0.200. The van der Waals surface area contributed by atoms with Gasteiger partial charge in [-0.1, -0.05) is 146 Å². The van der Waals surface area contributed by atoms with E-state index in [1.54, 1.807) is 44.0 Å². The van der Waals surface area contributed by atoms with Gasteiger partial charge in [-0.15, -0.1) is 0 Å². The molecule has 2 heteroatoms. The molecule has 0 unspecified atom stereocenters. The van der Waals surface area contributed by atoms with E-state index in [0.29, 0.717) is 0 Å². The van der Waals surface area contributed by atoms with Crippen LogP contribution in [0.1, 0.15) is 59.1 Å². The van der Waals surface area contributed by atoms with Crippen LogP contribution in [-0.4, -0.2) is 0 Å². The molecule has 47 heavy (non-hydrogen) atoms. The molecule has 232 valence electrons. The maximum absolute atomic E-state index is 2.54. The standard InChI is InChI=1S/C45H42P2/c1-5-19-36(20-6-1)46(37-21-7-2-8-22-37)44-31-29-34-17-13-15-27-40(34)42(44)33-43-41-28-16-14-18-35(41)30-32-45(43)47(38-23-9-3-10-24-38)39-25-11-4-12-26-39/h1-12,19-26,29-32H,13-18,27-28,33H2. The highest BCUT2D eigenvalue weighted by atomic mass is 31.1. The summed E-state index contributed by atoms with van der Waals surface area (Å²) in [5, 5.41) is 8.88. The molecular formula is C45H42P2. The van der Waals surface area contributed by atoms with Gasteiger partial charge in [-0.05, 0) is 139 Å². The number of hydrogen-bond donors (Lipinski definition) is 0. The number of hydrogen-bond acceptors (Lipinski definition) is 0. The maximum atomic E-state index is 2.54. The summed E-state index contributed by atoms with van der Waals surface area (Å²) < 4.78 is 0. The normalized spacial score (nSPS) is 14.2. The molecule has 0 saturated carbocycles. The van der Waals surface area contributed by atoms with Crippen molar-refractivity contribution in [1.82, 2.24) is 0 Å². The van der Waals surface area contributed by atoms with Crippen molar-refractivity contribution in [3.63, 3.8) is 0 Å². The smallest absolute Gasteiger partial charge is 0.000697 e. The molecule has 6 aromatic rings. The molecule has 2 aliphatic rings. The molecule has 0 saturated heterocycles. The largest absolute Gasteiger partial charge is 0.0622 e. The van der Waals surface area contributed by atoms with Crippen LogP contribution in [0.3, 0.4) is 0 Å². The first-order valence-electron chi connectivity index (χ1n) is 17.4. The summed E-state index contributed by atoms with van der Waals surface area (Å²) in [5.41, 5.74) is 9.72. The van der Waals surface area contributed by atoms with Crippen LogP contribution in [0, 0.1) is 0 Å². The van der Waals surface area contributed by atoms with Crippen LogP contribution in [-0.2, 0) is 32.1 Å². The van der Waals surface area contributed by atoms with E-state index in [-0.39, 0.29) is 0 Å². The lowest BCUT2D eigenvalue weighted by molar-refractivity contribution is 0.675. The van der Waals surface area contributed by atoms with E-state index in [4.69, 9.17) is 0 Å². The molecule has 0 aliphatic heterocycles. The van der Waals surface area contributed by atoms with E-state index >= 15 is 0 Å². The highest BCUT2D eigenvalue weighted by molar-refractivity contribution is 7.80. The molecule has 6 aromatic carbocycles. The molecule has 0 heterocycles. The second-order valence-electron chi connectivity index (χ2n) is 13.0. The lowest BCUT2D eigenvalue weighted by atomic mass is 9.83. The van der Waals surface area contributed by atoms with Crippen molar-refractivity contribution in [2.24, 2.45) is 0 Å². The Morgan fingerprint density at radius 1 is 0.340 bits per heavy atom.